The molecule has 1 aromatic carbocycles. The van der Waals surface area contributed by atoms with Gasteiger partial charge in [0.25, 0.3) is 11.8 Å². The monoisotopic (exact) mass is 386 g/mol. The Balaban J connectivity index is 1.62. The Kier molecular flexibility index (Phi) is 6.17. The molecule has 1 N–H and O–H groups in total. The van der Waals surface area contributed by atoms with Crippen molar-refractivity contribution >= 4 is 35.0 Å². The van der Waals surface area contributed by atoms with Crippen LogP contribution in [0.15, 0.2) is 18.2 Å². The van der Waals surface area contributed by atoms with Crippen LogP contribution in [0.25, 0.3) is 0 Å². The molecule has 2 atom stereocenters. The van der Waals surface area contributed by atoms with Gasteiger partial charge >= 0.3 is 0 Å². The molecule has 3 rings (SSSR count). The third-order valence-electron chi connectivity index (χ3n) is 4.35. The number of hydrogen-bond donors (Lipinski definition) is 1. The molecule has 6 nitrogen and oxygen atoms in total. The summed E-state index contributed by atoms with van der Waals surface area (Å²) in [4.78, 5) is 32.0. The number of carbonyl (C=O) groups excluding carboxylic acids is 2. The second-order valence-corrected chi connectivity index (χ2v) is 7.07. The number of hydrogen-bond acceptors (Lipinski definition) is 4. The van der Waals surface area contributed by atoms with E-state index in [9.17, 15) is 9.59 Å². The maximum absolute atomic E-state index is 12.7. The lowest BCUT2D eigenvalue weighted by molar-refractivity contribution is -0.201. The Morgan fingerprint density at radius 1 is 1.12 bits per heavy atom. The highest BCUT2D eigenvalue weighted by molar-refractivity contribution is 6.35. The van der Waals surface area contributed by atoms with E-state index < -0.39 is 12.3 Å². The maximum Gasteiger partial charge on any atom is 0.266 e. The first-order valence-corrected chi connectivity index (χ1v) is 9.14. The van der Waals surface area contributed by atoms with Crippen molar-refractivity contribution in [2.24, 2.45) is 0 Å². The van der Waals surface area contributed by atoms with Crippen LogP contribution >= 0.6 is 23.2 Å². The smallest absolute Gasteiger partial charge is 0.266 e. The molecule has 136 valence electrons. The van der Waals surface area contributed by atoms with Gasteiger partial charge in [-0.2, -0.15) is 0 Å². The summed E-state index contributed by atoms with van der Waals surface area (Å²) in [5.41, 5.74) is 2.81. The Bertz CT molecular complexity index is 629. The molecule has 0 radical (unpaired) electrons. The molecule has 1 aromatic rings. The van der Waals surface area contributed by atoms with Crippen molar-refractivity contribution in [2.45, 2.75) is 44.4 Å². The van der Waals surface area contributed by atoms with E-state index in [-0.39, 0.29) is 11.8 Å². The SMILES string of the molecule is O=C(NO[C@H]1CCCCO1)[C@H]1CCCN1C(=O)c1cc(Cl)cc(Cl)c1. The minimum absolute atomic E-state index is 0.268. The Morgan fingerprint density at radius 3 is 2.56 bits per heavy atom. The van der Waals surface area contributed by atoms with Gasteiger partial charge < -0.3 is 9.64 Å². The van der Waals surface area contributed by atoms with Crippen molar-refractivity contribution in [3.8, 4) is 0 Å². The van der Waals surface area contributed by atoms with Crippen LogP contribution in [0.1, 0.15) is 42.5 Å². The summed E-state index contributed by atoms with van der Waals surface area (Å²) in [7, 11) is 0. The third kappa shape index (κ3) is 4.64. The molecule has 0 unspecified atom stereocenters. The highest BCUT2D eigenvalue weighted by Crippen LogP contribution is 2.24. The minimum Gasteiger partial charge on any atom is -0.350 e. The average Bonchev–Trinajstić information content (AvgIpc) is 3.09. The molecule has 0 aromatic heterocycles. The van der Waals surface area contributed by atoms with Crippen LogP contribution in [0.3, 0.4) is 0 Å². The van der Waals surface area contributed by atoms with E-state index in [0.717, 1.165) is 25.7 Å². The lowest BCUT2D eigenvalue weighted by Gasteiger charge is -2.26. The molecular weight excluding hydrogens is 367 g/mol. The van der Waals surface area contributed by atoms with E-state index in [0.29, 0.717) is 35.2 Å². The Hall–Kier alpha value is -1.34. The number of nitrogens with zero attached hydrogens (tertiary/aromatic N) is 1. The van der Waals surface area contributed by atoms with Crippen LogP contribution in [0, 0.1) is 0 Å². The van der Waals surface area contributed by atoms with Gasteiger partial charge in [-0.1, -0.05) is 23.2 Å². The summed E-state index contributed by atoms with van der Waals surface area (Å²) in [6, 6.07) is 4.09. The van der Waals surface area contributed by atoms with Crippen molar-refractivity contribution in [3.05, 3.63) is 33.8 Å². The van der Waals surface area contributed by atoms with E-state index >= 15 is 0 Å². The molecule has 25 heavy (non-hydrogen) atoms. The summed E-state index contributed by atoms with van der Waals surface area (Å²) in [6.45, 7) is 1.13. The van der Waals surface area contributed by atoms with E-state index in [2.05, 4.69) is 5.48 Å². The fourth-order valence-corrected chi connectivity index (χ4v) is 3.65. The average molecular weight is 387 g/mol. The molecule has 2 saturated heterocycles. The van der Waals surface area contributed by atoms with Crippen LogP contribution in [-0.4, -0.2) is 42.2 Å². The lowest BCUT2D eigenvalue weighted by atomic mass is 10.1. The summed E-state index contributed by atoms with van der Waals surface area (Å²) >= 11 is 11.9. The van der Waals surface area contributed by atoms with Gasteiger partial charge in [-0.25, -0.2) is 10.3 Å². The molecule has 2 aliphatic heterocycles. The van der Waals surface area contributed by atoms with Gasteiger partial charge in [-0.3, -0.25) is 9.59 Å². The number of rotatable bonds is 4. The number of ether oxygens (including phenoxy) is 1. The van der Waals surface area contributed by atoms with E-state index in [1.807, 2.05) is 0 Å². The van der Waals surface area contributed by atoms with Crippen LogP contribution in [0.4, 0.5) is 0 Å². The Labute approximate surface area is 156 Å². The molecule has 2 amide bonds. The van der Waals surface area contributed by atoms with E-state index in [1.54, 1.807) is 18.2 Å². The van der Waals surface area contributed by atoms with Gasteiger partial charge in [-0.05, 0) is 43.9 Å². The predicted molar refractivity (Wildman–Crippen MR) is 93.3 cm³/mol. The van der Waals surface area contributed by atoms with Gasteiger partial charge in [0.2, 0.25) is 0 Å². The molecule has 0 aliphatic carbocycles. The van der Waals surface area contributed by atoms with E-state index in [4.69, 9.17) is 32.8 Å². The van der Waals surface area contributed by atoms with Crippen molar-refractivity contribution in [1.29, 1.82) is 0 Å². The summed E-state index contributed by atoms with van der Waals surface area (Å²) in [6.07, 6.45) is 3.66. The molecule has 0 saturated carbocycles. The highest BCUT2D eigenvalue weighted by atomic mass is 35.5. The highest BCUT2D eigenvalue weighted by Gasteiger charge is 2.35. The van der Waals surface area contributed by atoms with Crippen molar-refractivity contribution in [3.63, 3.8) is 0 Å². The standard InChI is InChI=1S/C17H20Cl2N2O4/c18-12-8-11(9-13(19)10-12)17(23)21-6-3-4-14(21)16(22)20-25-15-5-1-2-7-24-15/h8-10,14-15H,1-7H2,(H,20,22)/t14-,15+/m1/s1. The fourth-order valence-electron chi connectivity index (χ4n) is 3.12. The van der Waals surface area contributed by atoms with Crippen LogP contribution in [0.5, 0.6) is 0 Å². The fraction of sp³-hybridized carbons (Fsp3) is 0.529. The van der Waals surface area contributed by atoms with E-state index in [1.165, 1.54) is 4.90 Å². The second kappa shape index (κ2) is 8.36. The van der Waals surface area contributed by atoms with Gasteiger partial charge in [0, 0.05) is 35.2 Å². The zero-order valence-electron chi connectivity index (χ0n) is 13.7. The number of hydroxylamine groups is 1. The number of halogens is 2. The predicted octanol–water partition coefficient (Wildman–Crippen LogP) is 3.17. The van der Waals surface area contributed by atoms with Gasteiger partial charge in [-0.15, -0.1) is 0 Å². The topological polar surface area (TPSA) is 67.9 Å². The number of carbonyl (C=O) groups is 2. The first-order valence-electron chi connectivity index (χ1n) is 8.39. The van der Waals surface area contributed by atoms with Crippen molar-refractivity contribution in [2.75, 3.05) is 13.2 Å². The van der Waals surface area contributed by atoms with Crippen LogP contribution < -0.4 is 5.48 Å². The molecule has 8 heteroatoms. The number of amides is 2. The van der Waals surface area contributed by atoms with Gasteiger partial charge in [0.05, 0.1) is 0 Å². The molecule has 2 heterocycles. The normalized spacial score (nSPS) is 23.5. The van der Waals surface area contributed by atoms with Gasteiger partial charge in [0.1, 0.15) is 6.04 Å². The maximum atomic E-state index is 12.7. The second-order valence-electron chi connectivity index (χ2n) is 6.19. The summed E-state index contributed by atoms with van der Waals surface area (Å²) in [5, 5.41) is 0.766. The zero-order valence-corrected chi connectivity index (χ0v) is 15.2. The number of benzene rings is 1. The van der Waals surface area contributed by atoms with Gasteiger partial charge in [0.15, 0.2) is 6.29 Å². The molecule has 0 spiro atoms. The number of nitrogens with one attached hydrogen (secondary N) is 1. The first kappa shape index (κ1) is 18.5. The van der Waals surface area contributed by atoms with Crippen molar-refractivity contribution < 1.29 is 19.2 Å². The summed E-state index contributed by atoms with van der Waals surface area (Å²) in [5.74, 6) is -0.607. The lowest BCUT2D eigenvalue weighted by Crippen LogP contribution is -2.47. The molecule has 2 aliphatic rings. The van der Waals surface area contributed by atoms with Crippen LogP contribution in [0.2, 0.25) is 10.0 Å². The Morgan fingerprint density at radius 2 is 1.88 bits per heavy atom. The molecular formula is C17H20Cl2N2O4. The minimum atomic E-state index is -0.575. The summed E-state index contributed by atoms with van der Waals surface area (Å²) < 4.78 is 5.41. The first-order chi connectivity index (χ1) is 12.0. The number of likely N-dealkylation sites (tertiary alicyclic amines) is 1. The largest absolute Gasteiger partial charge is 0.350 e. The molecule has 2 fully saturated rings. The molecule has 0 bridgehead atoms. The van der Waals surface area contributed by atoms with Crippen molar-refractivity contribution in [1.82, 2.24) is 10.4 Å². The third-order valence-corrected chi connectivity index (χ3v) is 4.79. The quantitative estimate of drug-likeness (QED) is 0.806. The zero-order chi connectivity index (χ0) is 17.8. The van der Waals surface area contributed by atoms with Crippen LogP contribution in [-0.2, 0) is 14.4 Å².